The van der Waals surface area contributed by atoms with Crippen molar-refractivity contribution in [2.45, 2.75) is 26.6 Å². The molecule has 128 valence electrons. The van der Waals surface area contributed by atoms with Crippen LogP contribution < -0.4 is 10.1 Å². The maximum atomic E-state index is 6.18. The molecule has 0 saturated heterocycles. The molecule has 0 aliphatic carbocycles. The first-order valence-electron chi connectivity index (χ1n) is 8.42. The summed E-state index contributed by atoms with van der Waals surface area (Å²) in [5.41, 5.74) is 4.73. The predicted octanol–water partition coefficient (Wildman–Crippen LogP) is 5.52. The molecule has 2 nitrogen and oxygen atoms in total. The van der Waals surface area contributed by atoms with Crippen molar-refractivity contribution < 1.29 is 4.74 Å². The van der Waals surface area contributed by atoms with Crippen molar-refractivity contribution in [3.8, 4) is 5.75 Å². The van der Waals surface area contributed by atoms with E-state index in [0.29, 0.717) is 6.61 Å². The summed E-state index contributed by atoms with van der Waals surface area (Å²) in [4.78, 5) is 0. The van der Waals surface area contributed by atoms with Gasteiger partial charge in [-0.25, -0.2) is 0 Å². The highest BCUT2D eigenvalue weighted by Gasteiger charge is 2.01. The average molecular weight is 352 g/mol. The summed E-state index contributed by atoms with van der Waals surface area (Å²) in [6.45, 7) is 4.18. The summed E-state index contributed by atoms with van der Waals surface area (Å²) in [6, 6.07) is 24.5. The normalized spacial score (nSPS) is 10.6. The van der Waals surface area contributed by atoms with E-state index in [0.717, 1.165) is 29.4 Å². The Kier molecular flexibility index (Phi) is 6.10. The quantitative estimate of drug-likeness (QED) is 0.605. The molecule has 0 radical (unpaired) electrons. The summed E-state index contributed by atoms with van der Waals surface area (Å²) >= 11 is 6.18. The van der Waals surface area contributed by atoms with Crippen molar-refractivity contribution in [3.63, 3.8) is 0 Å². The van der Waals surface area contributed by atoms with Gasteiger partial charge in [-0.15, -0.1) is 0 Å². The lowest BCUT2D eigenvalue weighted by molar-refractivity contribution is 0.306. The lowest BCUT2D eigenvalue weighted by atomic mass is 10.1. The van der Waals surface area contributed by atoms with Crippen LogP contribution in [0.5, 0.6) is 5.75 Å². The fourth-order valence-corrected chi connectivity index (χ4v) is 2.78. The molecule has 0 amide bonds. The Morgan fingerprint density at radius 3 is 2.44 bits per heavy atom. The van der Waals surface area contributed by atoms with Crippen LogP contribution in [0.3, 0.4) is 0 Å². The van der Waals surface area contributed by atoms with E-state index >= 15 is 0 Å². The molecule has 3 aromatic rings. The molecule has 0 heterocycles. The second-order valence-electron chi connectivity index (χ2n) is 6.12. The molecule has 0 spiro atoms. The highest BCUT2D eigenvalue weighted by Crippen LogP contribution is 2.17. The Morgan fingerprint density at radius 2 is 1.64 bits per heavy atom. The maximum absolute atomic E-state index is 6.18. The van der Waals surface area contributed by atoms with E-state index in [2.05, 4.69) is 48.6 Å². The third-order valence-electron chi connectivity index (χ3n) is 4.03. The minimum Gasteiger partial charge on any atom is -0.489 e. The number of rotatable bonds is 7. The Bertz CT molecular complexity index is 814. The van der Waals surface area contributed by atoms with Crippen LogP contribution in [-0.4, -0.2) is 0 Å². The van der Waals surface area contributed by atoms with Gasteiger partial charge in [0.25, 0.3) is 0 Å². The van der Waals surface area contributed by atoms with Crippen LogP contribution in [0.25, 0.3) is 0 Å². The van der Waals surface area contributed by atoms with Crippen molar-refractivity contribution in [1.82, 2.24) is 5.32 Å². The first-order valence-corrected chi connectivity index (χ1v) is 8.80. The molecule has 0 aliphatic heterocycles. The molecule has 0 fully saturated rings. The maximum Gasteiger partial charge on any atom is 0.120 e. The molecule has 0 atom stereocenters. The fourth-order valence-electron chi connectivity index (χ4n) is 2.58. The van der Waals surface area contributed by atoms with E-state index in [1.165, 1.54) is 16.7 Å². The van der Waals surface area contributed by atoms with Crippen LogP contribution in [0.4, 0.5) is 0 Å². The lowest BCUT2D eigenvalue weighted by Crippen LogP contribution is -2.13. The van der Waals surface area contributed by atoms with Crippen LogP contribution in [0.15, 0.2) is 72.8 Å². The number of nitrogens with one attached hydrogen (secondary N) is 1. The van der Waals surface area contributed by atoms with E-state index in [-0.39, 0.29) is 0 Å². The van der Waals surface area contributed by atoms with Crippen molar-refractivity contribution in [3.05, 3.63) is 100 Å². The highest BCUT2D eigenvalue weighted by atomic mass is 35.5. The minimum absolute atomic E-state index is 0.580. The molecular formula is C22H22ClNO. The number of benzene rings is 3. The predicted molar refractivity (Wildman–Crippen MR) is 104 cm³/mol. The molecule has 0 saturated carbocycles. The zero-order valence-corrected chi connectivity index (χ0v) is 15.1. The summed E-state index contributed by atoms with van der Waals surface area (Å²) in [6.07, 6.45) is 0. The van der Waals surface area contributed by atoms with Gasteiger partial charge in [-0.2, -0.15) is 0 Å². The van der Waals surface area contributed by atoms with Gasteiger partial charge < -0.3 is 10.1 Å². The zero-order chi connectivity index (χ0) is 17.5. The Labute approximate surface area is 154 Å². The van der Waals surface area contributed by atoms with Crippen molar-refractivity contribution in [1.29, 1.82) is 0 Å². The van der Waals surface area contributed by atoms with Gasteiger partial charge in [0, 0.05) is 18.1 Å². The van der Waals surface area contributed by atoms with E-state index in [4.69, 9.17) is 16.3 Å². The standard InChI is InChI=1S/C22H22ClNO/c1-17-9-11-18(12-10-17)16-25-21-7-4-5-19(13-21)14-24-15-20-6-2-3-8-22(20)23/h2-13,24H,14-16H2,1H3. The highest BCUT2D eigenvalue weighted by molar-refractivity contribution is 6.31. The molecule has 3 aromatic carbocycles. The molecule has 0 bridgehead atoms. The Balaban J connectivity index is 1.52. The van der Waals surface area contributed by atoms with Crippen LogP contribution in [-0.2, 0) is 19.7 Å². The second-order valence-corrected chi connectivity index (χ2v) is 6.52. The van der Waals surface area contributed by atoms with E-state index in [1.807, 2.05) is 36.4 Å². The van der Waals surface area contributed by atoms with E-state index in [1.54, 1.807) is 0 Å². The van der Waals surface area contributed by atoms with Crippen molar-refractivity contribution in [2.24, 2.45) is 0 Å². The Hall–Kier alpha value is -2.29. The fraction of sp³-hybridized carbons (Fsp3) is 0.182. The van der Waals surface area contributed by atoms with Crippen LogP contribution in [0, 0.1) is 6.92 Å². The summed E-state index contributed by atoms with van der Waals surface area (Å²) < 4.78 is 5.91. The summed E-state index contributed by atoms with van der Waals surface area (Å²) in [5, 5.41) is 4.22. The summed E-state index contributed by atoms with van der Waals surface area (Å²) in [7, 11) is 0. The van der Waals surface area contributed by atoms with Gasteiger partial charge in [0.15, 0.2) is 0 Å². The van der Waals surface area contributed by atoms with E-state index < -0.39 is 0 Å². The van der Waals surface area contributed by atoms with Crippen LogP contribution in [0.1, 0.15) is 22.3 Å². The first-order chi connectivity index (χ1) is 12.2. The number of ether oxygens (including phenoxy) is 1. The molecule has 0 aromatic heterocycles. The monoisotopic (exact) mass is 351 g/mol. The van der Waals surface area contributed by atoms with Gasteiger partial charge in [0.2, 0.25) is 0 Å². The number of halogens is 1. The lowest BCUT2D eigenvalue weighted by Gasteiger charge is -2.10. The number of aryl methyl sites for hydroxylation is 1. The minimum atomic E-state index is 0.580. The molecule has 0 unspecified atom stereocenters. The molecule has 1 N–H and O–H groups in total. The van der Waals surface area contributed by atoms with E-state index in [9.17, 15) is 0 Å². The van der Waals surface area contributed by atoms with Crippen LogP contribution in [0.2, 0.25) is 5.02 Å². The van der Waals surface area contributed by atoms with Gasteiger partial charge in [0.1, 0.15) is 12.4 Å². The summed E-state index contributed by atoms with van der Waals surface area (Å²) in [5.74, 6) is 0.887. The van der Waals surface area contributed by atoms with Gasteiger partial charge in [-0.3, -0.25) is 0 Å². The number of hydrogen-bond donors (Lipinski definition) is 1. The van der Waals surface area contributed by atoms with Crippen molar-refractivity contribution in [2.75, 3.05) is 0 Å². The molecule has 3 heteroatoms. The molecule has 0 aliphatic rings. The topological polar surface area (TPSA) is 21.3 Å². The molecule has 25 heavy (non-hydrogen) atoms. The largest absolute Gasteiger partial charge is 0.489 e. The van der Waals surface area contributed by atoms with Gasteiger partial charge in [-0.05, 0) is 41.8 Å². The van der Waals surface area contributed by atoms with Gasteiger partial charge in [0.05, 0.1) is 0 Å². The van der Waals surface area contributed by atoms with Gasteiger partial charge >= 0.3 is 0 Å². The first kappa shape index (κ1) is 17.5. The third kappa shape index (κ3) is 5.35. The average Bonchev–Trinajstić information content (AvgIpc) is 2.63. The Morgan fingerprint density at radius 1 is 0.840 bits per heavy atom. The molecular weight excluding hydrogens is 330 g/mol. The van der Waals surface area contributed by atoms with Crippen LogP contribution >= 0.6 is 11.6 Å². The third-order valence-corrected chi connectivity index (χ3v) is 4.40. The second kappa shape index (κ2) is 8.70. The van der Waals surface area contributed by atoms with Crippen molar-refractivity contribution >= 4 is 11.6 Å². The SMILES string of the molecule is Cc1ccc(COc2cccc(CNCc3ccccc3Cl)c2)cc1. The van der Waals surface area contributed by atoms with Gasteiger partial charge in [-0.1, -0.05) is 71.8 Å². The number of hydrogen-bond acceptors (Lipinski definition) is 2. The zero-order valence-electron chi connectivity index (χ0n) is 14.3. The smallest absolute Gasteiger partial charge is 0.120 e. The molecule has 3 rings (SSSR count).